The molecule has 0 atom stereocenters. The number of anilines is 2. The second-order valence-corrected chi connectivity index (χ2v) is 11.0. The van der Waals surface area contributed by atoms with Gasteiger partial charge in [-0.1, -0.05) is 6.07 Å². The molecular weight excluding hydrogens is 418 g/mol. The van der Waals surface area contributed by atoms with Crippen molar-refractivity contribution in [2.75, 3.05) is 18.9 Å². The maximum absolute atomic E-state index is 12.4. The molecule has 0 spiro atoms. The van der Waals surface area contributed by atoms with Gasteiger partial charge in [-0.25, -0.2) is 27.5 Å². The van der Waals surface area contributed by atoms with Gasteiger partial charge in [0.05, 0.1) is 18.0 Å². The number of carbonyl (C=O) groups is 1. The highest BCUT2D eigenvalue weighted by Gasteiger charge is 2.28. The molecule has 3 heterocycles. The Hall–Kier alpha value is -2.72. The minimum atomic E-state index is -3.23. The Morgan fingerprint density at radius 2 is 1.94 bits per heavy atom. The number of nitrogens with zero attached hydrogens (tertiary/aromatic N) is 4. The van der Waals surface area contributed by atoms with E-state index in [1.807, 2.05) is 39.0 Å². The van der Waals surface area contributed by atoms with Gasteiger partial charge >= 0.3 is 6.09 Å². The predicted octanol–water partition coefficient (Wildman–Crippen LogP) is 2.79. The van der Waals surface area contributed by atoms with Crippen LogP contribution in [0.3, 0.4) is 0 Å². The van der Waals surface area contributed by atoms with Crippen LogP contribution in [0.5, 0.6) is 0 Å². The molecule has 0 unspecified atom stereocenters. The molecule has 0 aliphatic carbocycles. The van der Waals surface area contributed by atoms with Crippen molar-refractivity contribution in [3.8, 4) is 0 Å². The van der Waals surface area contributed by atoms with E-state index in [9.17, 15) is 13.2 Å². The normalized spacial score (nSPS) is 18.1. The van der Waals surface area contributed by atoms with Crippen molar-refractivity contribution in [1.29, 1.82) is 0 Å². The van der Waals surface area contributed by atoms with Gasteiger partial charge < -0.3 is 15.0 Å². The fraction of sp³-hybridized carbons (Fsp3) is 0.476. The van der Waals surface area contributed by atoms with Crippen LogP contribution in [0.25, 0.3) is 0 Å². The molecular formula is C21H27N5O4S. The Kier molecular flexibility index (Phi) is 5.38. The van der Waals surface area contributed by atoms with Crippen molar-refractivity contribution < 1.29 is 17.9 Å². The van der Waals surface area contributed by atoms with Gasteiger partial charge in [0.2, 0.25) is 16.0 Å². The molecule has 0 radical (unpaired) electrons. The number of nitrogens with one attached hydrogen (secondary N) is 1. The SMILES string of the molecule is CN1Cc2cc(Nc3ncc4c(n3)CN(C(=O)OC(C)(C)C)CC4)ccc2CS1(=O)=O. The fourth-order valence-electron chi connectivity index (χ4n) is 3.61. The summed E-state index contributed by atoms with van der Waals surface area (Å²) in [5, 5.41) is 3.20. The van der Waals surface area contributed by atoms with E-state index in [1.165, 1.54) is 4.31 Å². The third-order valence-electron chi connectivity index (χ3n) is 5.27. The van der Waals surface area contributed by atoms with Crippen LogP contribution in [0.15, 0.2) is 24.4 Å². The van der Waals surface area contributed by atoms with Crippen molar-refractivity contribution in [3.05, 3.63) is 46.8 Å². The average molecular weight is 446 g/mol. The highest BCUT2D eigenvalue weighted by Crippen LogP contribution is 2.27. The van der Waals surface area contributed by atoms with Crippen LogP contribution in [0.1, 0.15) is 43.2 Å². The van der Waals surface area contributed by atoms with Gasteiger partial charge in [-0.3, -0.25) is 0 Å². The number of hydrogen-bond acceptors (Lipinski definition) is 7. The monoisotopic (exact) mass is 445 g/mol. The lowest BCUT2D eigenvalue weighted by Gasteiger charge is -2.30. The Morgan fingerprint density at radius 3 is 2.68 bits per heavy atom. The largest absolute Gasteiger partial charge is 0.444 e. The van der Waals surface area contributed by atoms with Crippen molar-refractivity contribution in [3.63, 3.8) is 0 Å². The first-order valence-corrected chi connectivity index (χ1v) is 11.8. The fourth-order valence-corrected chi connectivity index (χ4v) is 4.84. The number of rotatable bonds is 2. The molecule has 0 fully saturated rings. The summed E-state index contributed by atoms with van der Waals surface area (Å²) < 4.78 is 31.0. The van der Waals surface area contributed by atoms with Gasteiger partial charge in [-0.05, 0) is 56.0 Å². The number of aromatic nitrogens is 2. The van der Waals surface area contributed by atoms with Crippen LogP contribution in [-0.2, 0) is 40.0 Å². The quantitative estimate of drug-likeness (QED) is 0.758. The zero-order valence-corrected chi connectivity index (χ0v) is 19.0. The van der Waals surface area contributed by atoms with Crippen molar-refractivity contribution in [2.45, 2.75) is 51.6 Å². The first-order valence-electron chi connectivity index (χ1n) is 10.2. The molecule has 0 saturated heterocycles. The number of sulfonamides is 1. The van der Waals surface area contributed by atoms with Gasteiger partial charge in [0.15, 0.2) is 0 Å². The highest BCUT2D eigenvalue weighted by atomic mass is 32.2. The van der Waals surface area contributed by atoms with Crippen LogP contribution in [-0.4, -0.2) is 52.9 Å². The number of amides is 1. The zero-order chi connectivity index (χ0) is 22.4. The lowest BCUT2D eigenvalue weighted by Crippen LogP contribution is -2.40. The summed E-state index contributed by atoms with van der Waals surface area (Å²) in [6.45, 7) is 6.81. The summed E-state index contributed by atoms with van der Waals surface area (Å²) in [5.41, 5.74) is 3.81. The molecule has 4 rings (SSSR count). The van der Waals surface area contributed by atoms with E-state index in [0.717, 1.165) is 28.1 Å². The molecule has 2 aliphatic heterocycles. The van der Waals surface area contributed by atoms with Gasteiger partial charge in [0, 0.05) is 32.0 Å². The first-order chi connectivity index (χ1) is 14.5. The number of benzene rings is 1. The summed E-state index contributed by atoms with van der Waals surface area (Å²) in [6, 6.07) is 5.58. The topological polar surface area (TPSA) is 105 Å². The van der Waals surface area contributed by atoms with E-state index in [4.69, 9.17) is 4.74 Å². The predicted molar refractivity (Wildman–Crippen MR) is 116 cm³/mol. The molecule has 9 nitrogen and oxygen atoms in total. The third-order valence-corrected chi connectivity index (χ3v) is 7.02. The van der Waals surface area contributed by atoms with Gasteiger partial charge in [-0.2, -0.15) is 0 Å². The summed E-state index contributed by atoms with van der Waals surface area (Å²) in [7, 11) is -1.65. The van der Waals surface area contributed by atoms with Crippen LogP contribution in [0.2, 0.25) is 0 Å². The lowest BCUT2D eigenvalue weighted by atomic mass is 10.1. The Labute approximate surface area is 182 Å². The molecule has 1 N–H and O–H groups in total. The average Bonchev–Trinajstić information content (AvgIpc) is 2.67. The highest BCUT2D eigenvalue weighted by molar-refractivity contribution is 7.88. The molecule has 10 heteroatoms. The summed E-state index contributed by atoms with van der Waals surface area (Å²) in [5.74, 6) is 0.441. The Morgan fingerprint density at radius 1 is 1.16 bits per heavy atom. The zero-order valence-electron chi connectivity index (χ0n) is 18.2. The molecule has 166 valence electrons. The van der Waals surface area contributed by atoms with Gasteiger partial charge in [0.1, 0.15) is 5.60 Å². The Balaban J connectivity index is 1.50. The molecule has 2 aliphatic rings. The van der Waals surface area contributed by atoms with E-state index in [2.05, 4.69) is 15.3 Å². The second-order valence-electron chi connectivity index (χ2n) is 8.94. The minimum Gasteiger partial charge on any atom is -0.444 e. The van der Waals surface area contributed by atoms with Crippen LogP contribution >= 0.6 is 0 Å². The van der Waals surface area contributed by atoms with E-state index < -0.39 is 15.6 Å². The summed E-state index contributed by atoms with van der Waals surface area (Å²) in [4.78, 5) is 23.1. The van der Waals surface area contributed by atoms with Crippen molar-refractivity contribution >= 4 is 27.8 Å². The molecule has 2 aromatic rings. The van der Waals surface area contributed by atoms with E-state index in [-0.39, 0.29) is 11.8 Å². The van der Waals surface area contributed by atoms with Crippen LogP contribution < -0.4 is 5.32 Å². The second kappa shape index (κ2) is 7.76. The number of fused-ring (bicyclic) bond motifs is 2. The van der Waals surface area contributed by atoms with Gasteiger partial charge in [-0.15, -0.1) is 0 Å². The minimum absolute atomic E-state index is 0.00889. The molecule has 1 amide bonds. The third kappa shape index (κ3) is 4.80. The summed E-state index contributed by atoms with van der Waals surface area (Å²) >= 11 is 0. The number of carbonyl (C=O) groups excluding carboxylic acids is 1. The molecule has 1 aromatic carbocycles. The van der Waals surface area contributed by atoms with Crippen LogP contribution in [0, 0.1) is 0 Å². The standard InChI is InChI=1S/C21H27N5O4S/c1-21(2,3)30-20(27)26-8-7-14-10-22-19(24-18(14)12-26)23-17-6-5-15-13-31(28,29)25(4)11-16(15)9-17/h5-6,9-10H,7-8,11-13H2,1-4H3,(H,22,23,24). The van der Waals surface area contributed by atoms with Crippen LogP contribution in [0.4, 0.5) is 16.4 Å². The molecule has 0 bridgehead atoms. The maximum atomic E-state index is 12.4. The van der Waals surface area contributed by atoms with Crippen molar-refractivity contribution in [2.24, 2.45) is 0 Å². The maximum Gasteiger partial charge on any atom is 0.410 e. The molecule has 1 aromatic heterocycles. The van der Waals surface area contributed by atoms with E-state index in [0.29, 0.717) is 32.0 Å². The smallest absolute Gasteiger partial charge is 0.410 e. The molecule has 0 saturated carbocycles. The number of ether oxygens (including phenoxy) is 1. The number of hydrogen-bond donors (Lipinski definition) is 1. The van der Waals surface area contributed by atoms with E-state index >= 15 is 0 Å². The Bertz CT molecular complexity index is 1130. The lowest BCUT2D eigenvalue weighted by molar-refractivity contribution is 0.0220. The van der Waals surface area contributed by atoms with Crippen molar-refractivity contribution in [1.82, 2.24) is 19.2 Å². The first kappa shape index (κ1) is 21.5. The van der Waals surface area contributed by atoms with Gasteiger partial charge in [0.25, 0.3) is 0 Å². The van der Waals surface area contributed by atoms with E-state index in [1.54, 1.807) is 18.1 Å². The molecule has 31 heavy (non-hydrogen) atoms. The summed E-state index contributed by atoms with van der Waals surface area (Å²) in [6.07, 6.45) is 2.12.